The van der Waals surface area contributed by atoms with Crippen LogP contribution in [0.5, 0.6) is 0 Å². The van der Waals surface area contributed by atoms with E-state index in [1.54, 1.807) is 28.8 Å². The van der Waals surface area contributed by atoms with Crippen LogP contribution in [-0.2, 0) is 6.54 Å². The average molecular weight is 430 g/mol. The second kappa shape index (κ2) is 8.89. The summed E-state index contributed by atoms with van der Waals surface area (Å²) in [7, 11) is 0. The van der Waals surface area contributed by atoms with Crippen molar-refractivity contribution in [2.24, 2.45) is 0 Å². The number of imidazole rings is 1. The Bertz CT molecular complexity index is 1230. The highest BCUT2D eigenvalue weighted by Crippen LogP contribution is 2.30. The van der Waals surface area contributed by atoms with Gasteiger partial charge >= 0.3 is 11.9 Å². The van der Waals surface area contributed by atoms with E-state index in [9.17, 15) is 19.8 Å². The normalized spacial score (nSPS) is 10.7. The lowest BCUT2D eigenvalue weighted by atomic mass is 9.99. The van der Waals surface area contributed by atoms with Gasteiger partial charge in [0.25, 0.3) is 0 Å². The predicted molar refractivity (Wildman–Crippen MR) is 118 cm³/mol. The largest absolute Gasteiger partial charge is 0.478 e. The van der Waals surface area contributed by atoms with Crippen LogP contribution in [0, 0.1) is 0 Å². The maximum atomic E-state index is 11.9. The molecule has 4 aromatic rings. The molecule has 7 heteroatoms. The monoisotopic (exact) mass is 430 g/mol. The standard InChI is InChI=1S/C24H18N2O4S/c27-23(28)20-9-5-4-8-19(20)17-12-10-16(11-13-17)14-26-15-25-22(21(26)24(29)30)31-18-6-2-1-3-7-18/h1-13,15H,14H2,(H,27,28)(H,29,30). The van der Waals surface area contributed by atoms with E-state index in [1.807, 2.05) is 54.6 Å². The number of carboxylic acids is 2. The molecule has 0 bridgehead atoms. The van der Waals surface area contributed by atoms with Crippen molar-refractivity contribution in [3.05, 3.63) is 102 Å². The molecule has 0 unspecified atom stereocenters. The summed E-state index contributed by atoms with van der Waals surface area (Å²) >= 11 is 1.31. The Balaban J connectivity index is 1.59. The highest BCUT2D eigenvalue weighted by molar-refractivity contribution is 7.99. The highest BCUT2D eigenvalue weighted by Gasteiger charge is 2.19. The molecule has 0 saturated carbocycles. The van der Waals surface area contributed by atoms with Gasteiger partial charge in [-0.2, -0.15) is 0 Å². The second-order valence-corrected chi connectivity index (χ2v) is 7.86. The number of benzene rings is 3. The molecule has 0 aliphatic carbocycles. The van der Waals surface area contributed by atoms with Crippen LogP contribution >= 0.6 is 11.8 Å². The van der Waals surface area contributed by atoms with E-state index in [1.165, 1.54) is 18.1 Å². The number of aromatic carboxylic acids is 2. The Kier molecular flexibility index (Phi) is 5.86. The lowest BCUT2D eigenvalue weighted by molar-refractivity contribution is 0.0676. The number of aromatic nitrogens is 2. The molecule has 0 aliphatic rings. The van der Waals surface area contributed by atoms with Crippen LogP contribution in [0.25, 0.3) is 11.1 Å². The van der Waals surface area contributed by atoms with Gasteiger partial charge in [-0.25, -0.2) is 14.6 Å². The van der Waals surface area contributed by atoms with E-state index >= 15 is 0 Å². The maximum Gasteiger partial charge on any atom is 0.355 e. The van der Waals surface area contributed by atoms with E-state index in [4.69, 9.17) is 0 Å². The van der Waals surface area contributed by atoms with Gasteiger partial charge in [-0.1, -0.05) is 72.4 Å². The smallest absolute Gasteiger partial charge is 0.355 e. The van der Waals surface area contributed by atoms with Crippen molar-refractivity contribution in [1.29, 1.82) is 0 Å². The first kappa shape index (κ1) is 20.4. The molecule has 31 heavy (non-hydrogen) atoms. The molecular weight excluding hydrogens is 412 g/mol. The van der Waals surface area contributed by atoms with Crippen molar-refractivity contribution in [1.82, 2.24) is 9.55 Å². The molecule has 0 saturated heterocycles. The van der Waals surface area contributed by atoms with Gasteiger partial charge in [0, 0.05) is 11.4 Å². The number of rotatable bonds is 7. The fourth-order valence-corrected chi connectivity index (χ4v) is 4.20. The van der Waals surface area contributed by atoms with Crippen LogP contribution in [0.1, 0.15) is 26.4 Å². The minimum Gasteiger partial charge on any atom is -0.478 e. The molecule has 0 radical (unpaired) electrons. The first-order chi connectivity index (χ1) is 15.0. The van der Waals surface area contributed by atoms with Crippen molar-refractivity contribution in [3.63, 3.8) is 0 Å². The Morgan fingerprint density at radius 1 is 0.839 bits per heavy atom. The summed E-state index contributed by atoms with van der Waals surface area (Å²) in [4.78, 5) is 28.6. The third kappa shape index (κ3) is 4.51. The van der Waals surface area contributed by atoms with Crippen LogP contribution in [0.3, 0.4) is 0 Å². The summed E-state index contributed by atoms with van der Waals surface area (Å²) < 4.78 is 1.60. The average Bonchev–Trinajstić information content (AvgIpc) is 3.17. The fourth-order valence-electron chi connectivity index (χ4n) is 3.28. The first-order valence-electron chi connectivity index (χ1n) is 9.46. The van der Waals surface area contributed by atoms with Gasteiger partial charge in [-0.05, 0) is 34.9 Å². The van der Waals surface area contributed by atoms with Crippen molar-refractivity contribution in [2.45, 2.75) is 16.5 Å². The van der Waals surface area contributed by atoms with Crippen LogP contribution < -0.4 is 0 Å². The van der Waals surface area contributed by atoms with Crippen LogP contribution in [0.4, 0.5) is 0 Å². The number of hydrogen-bond donors (Lipinski definition) is 2. The highest BCUT2D eigenvalue weighted by atomic mass is 32.2. The van der Waals surface area contributed by atoms with Crippen LogP contribution in [0.2, 0.25) is 0 Å². The number of hydrogen-bond acceptors (Lipinski definition) is 4. The SMILES string of the molecule is O=C(O)c1ccccc1-c1ccc(Cn2cnc(Sc3ccccc3)c2C(=O)O)cc1. The van der Waals surface area contributed by atoms with Crippen molar-refractivity contribution >= 4 is 23.7 Å². The number of carbonyl (C=O) groups is 2. The summed E-state index contributed by atoms with van der Waals surface area (Å²) in [6.07, 6.45) is 1.53. The van der Waals surface area contributed by atoms with Gasteiger partial charge in [0.05, 0.1) is 11.9 Å². The molecule has 154 valence electrons. The zero-order chi connectivity index (χ0) is 21.8. The number of nitrogens with zero attached hydrogens (tertiary/aromatic N) is 2. The van der Waals surface area contributed by atoms with Crippen molar-refractivity contribution < 1.29 is 19.8 Å². The zero-order valence-corrected chi connectivity index (χ0v) is 17.1. The minimum absolute atomic E-state index is 0.133. The third-order valence-electron chi connectivity index (χ3n) is 4.74. The lowest BCUT2D eigenvalue weighted by Gasteiger charge is -2.09. The summed E-state index contributed by atoms with van der Waals surface area (Å²) in [5, 5.41) is 19.6. The molecule has 0 atom stereocenters. The van der Waals surface area contributed by atoms with E-state index < -0.39 is 11.9 Å². The molecule has 3 aromatic carbocycles. The van der Waals surface area contributed by atoms with E-state index in [0.717, 1.165) is 16.0 Å². The van der Waals surface area contributed by atoms with E-state index in [0.29, 0.717) is 17.1 Å². The van der Waals surface area contributed by atoms with Crippen LogP contribution in [-0.4, -0.2) is 31.7 Å². The summed E-state index contributed by atoms with van der Waals surface area (Å²) in [6, 6.07) is 23.7. The Labute approximate surface area is 182 Å². The van der Waals surface area contributed by atoms with Crippen molar-refractivity contribution in [3.8, 4) is 11.1 Å². The molecule has 0 fully saturated rings. The minimum atomic E-state index is -1.04. The first-order valence-corrected chi connectivity index (χ1v) is 10.3. The maximum absolute atomic E-state index is 11.9. The third-order valence-corrected chi connectivity index (χ3v) is 5.74. The molecule has 0 aliphatic heterocycles. The van der Waals surface area contributed by atoms with Gasteiger partial charge in [-0.3, -0.25) is 0 Å². The van der Waals surface area contributed by atoms with Gasteiger partial charge in [0.1, 0.15) is 5.03 Å². The lowest BCUT2D eigenvalue weighted by Crippen LogP contribution is -2.09. The van der Waals surface area contributed by atoms with Gasteiger partial charge in [0.15, 0.2) is 5.69 Å². The summed E-state index contributed by atoms with van der Waals surface area (Å²) in [5.74, 6) is -2.02. The summed E-state index contributed by atoms with van der Waals surface area (Å²) in [5.41, 5.74) is 2.67. The second-order valence-electron chi connectivity index (χ2n) is 6.79. The molecule has 2 N–H and O–H groups in total. The van der Waals surface area contributed by atoms with Crippen molar-refractivity contribution in [2.75, 3.05) is 0 Å². The quantitative estimate of drug-likeness (QED) is 0.421. The topological polar surface area (TPSA) is 92.4 Å². The van der Waals surface area contributed by atoms with E-state index in [2.05, 4.69) is 4.98 Å². The molecule has 4 rings (SSSR count). The van der Waals surface area contributed by atoms with Gasteiger partial charge < -0.3 is 14.8 Å². The van der Waals surface area contributed by atoms with Gasteiger partial charge in [-0.15, -0.1) is 0 Å². The summed E-state index contributed by atoms with van der Waals surface area (Å²) in [6.45, 7) is 0.338. The van der Waals surface area contributed by atoms with E-state index in [-0.39, 0.29) is 11.3 Å². The molecular formula is C24H18N2O4S. The fraction of sp³-hybridized carbons (Fsp3) is 0.0417. The molecule has 0 spiro atoms. The Morgan fingerprint density at radius 3 is 2.19 bits per heavy atom. The van der Waals surface area contributed by atoms with Crippen LogP contribution in [0.15, 0.2) is 95.1 Å². The molecule has 6 nitrogen and oxygen atoms in total. The molecule has 1 aromatic heterocycles. The Hall–Kier alpha value is -3.84. The number of carboxylic acid groups (broad SMARTS) is 2. The van der Waals surface area contributed by atoms with Gasteiger partial charge in [0.2, 0.25) is 0 Å². The Morgan fingerprint density at radius 2 is 1.52 bits per heavy atom. The predicted octanol–water partition coefficient (Wildman–Crippen LogP) is 5.15. The zero-order valence-electron chi connectivity index (χ0n) is 16.3. The molecule has 0 amide bonds. The molecule has 1 heterocycles.